The maximum Gasteiger partial charge on any atom is 0.219 e. The predicted octanol–water partition coefficient (Wildman–Crippen LogP) is 3.20. The third kappa shape index (κ3) is 14.3. The highest BCUT2D eigenvalue weighted by Crippen LogP contribution is 2.15. The van der Waals surface area contributed by atoms with Crippen molar-refractivity contribution in [3.05, 3.63) is 12.2 Å². The van der Waals surface area contributed by atoms with Crippen LogP contribution in [0.4, 0.5) is 0 Å². The summed E-state index contributed by atoms with van der Waals surface area (Å²) in [6, 6.07) is 0.998. The molecule has 0 aliphatic heterocycles. The van der Waals surface area contributed by atoms with E-state index in [1.54, 1.807) is 0 Å². The lowest BCUT2D eigenvalue weighted by Crippen LogP contribution is -2.39. The van der Waals surface area contributed by atoms with Gasteiger partial charge in [-0.15, -0.1) is 6.58 Å². The third-order valence-electron chi connectivity index (χ3n) is 2.39. The third-order valence-corrected chi connectivity index (χ3v) is 19.2. The molecule has 120 valence electrons. The van der Waals surface area contributed by atoms with Crippen LogP contribution < -0.4 is 0 Å². The molecule has 0 amide bonds. The molecule has 6 radical (unpaired) electrons. The summed E-state index contributed by atoms with van der Waals surface area (Å²) in [5, 5.41) is 0. The lowest BCUT2D eigenvalue weighted by molar-refractivity contribution is 0.570. The molecule has 0 unspecified atom stereocenters. The first-order valence-corrected chi connectivity index (χ1v) is 19.7. The van der Waals surface area contributed by atoms with Crippen molar-refractivity contribution >= 4 is 55.0 Å². The van der Waals surface area contributed by atoms with Crippen LogP contribution in [-0.2, 0) is 12.3 Å². The van der Waals surface area contributed by atoms with Gasteiger partial charge in [0.2, 0.25) is 29.3 Å². The van der Waals surface area contributed by atoms with Crippen LogP contribution >= 0.6 is 0 Å². The summed E-state index contributed by atoms with van der Waals surface area (Å²) in [6.45, 7) is 19.6. The van der Waals surface area contributed by atoms with Crippen LogP contribution in [0.2, 0.25) is 56.7 Å². The van der Waals surface area contributed by atoms with Crippen molar-refractivity contribution in [1.29, 1.82) is 0 Å². The molecule has 3 nitrogen and oxygen atoms in total. The van der Waals surface area contributed by atoms with Crippen molar-refractivity contribution in [2.45, 2.75) is 63.6 Å². The molecule has 0 saturated heterocycles. The highest BCUT2D eigenvalue weighted by Gasteiger charge is 2.27. The second-order valence-electron chi connectivity index (χ2n) is 6.81. The molecule has 0 aliphatic carbocycles. The lowest BCUT2D eigenvalue weighted by atomic mass is 10.4. The van der Waals surface area contributed by atoms with Gasteiger partial charge in [0.25, 0.3) is 0 Å². The summed E-state index contributed by atoms with van der Waals surface area (Å²) in [5.74, 6) is 0. The van der Waals surface area contributed by atoms with Crippen LogP contribution in [0.5, 0.6) is 0 Å². The van der Waals surface area contributed by atoms with Gasteiger partial charge in [0, 0.05) is 0 Å². The fraction of sp³-hybridized carbons (Fsp3) is 0.833. The Balaban J connectivity index is 3.90. The minimum atomic E-state index is -1.56. The minimum absolute atomic E-state index is 0.568. The van der Waals surface area contributed by atoms with Crippen molar-refractivity contribution in [1.82, 2.24) is 0 Å². The molecule has 9 heteroatoms. The Morgan fingerprint density at radius 3 is 1.90 bits per heavy atom. The molecule has 0 aromatic carbocycles. The molecule has 0 N–H and O–H groups in total. The van der Waals surface area contributed by atoms with Crippen LogP contribution in [-0.4, -0.2) is 55.0 Å². The quantitative estimate of drug-likeness (QED) is 0.378. The van der Waals surface area contributed by atoms with Crippen LogP contribution in [0, 0.1) is 0 Å². The van der Waals surface area contributed by atoms with Gasteiger partial charge in [-0.1, -0.05) is 5.57 Å². The average molecular weight is 391 g/mol. The Labute approximate surface area is 143 Å². The van der Waals surface area contributed by atoms with E-state index in [4.69, 9.17) is 12.3 Å². The van der Waals surface area contributed by atoms with E-state index < -0.39 is 25.7 Å². The Morgan fingerprint density at radius 2 is 1.43 bits per heavy atom. The SMILES string of the molecule is C=C(C)C[Si]O[Si](C)(C)C[Si]O[Si](C)(C)C[Si]O[SiH](C)C. The van der Waals surface area contributed by atoms with E-state index in [0.717, 1.165) is 17.4 Å². The number of hydrogen-bond acceptors (Lipinski definition) is 3. The van der Waals surface area contributed by atoms with Crippen LogP contribution in [0.3, 0.4) is 0 Å². The summed E-state index contributed by atoms with van der Waals surface area (Å²) in [5.41, 5.74) is 3.45. The molecule has 0 aromatic rings. The molecule has 0 atom stereocenters. The predicted molar refractivity (Wildman–Crippen MR) is 104 cm³/mol. The van der Waals surface area contributed by atoms with Gasteiger partial charge in [0.1, 0.15) is 0 Å². The second kappa shape index (κ2) is 10.7. The highest BCUT2D eigenvalue weighted by molar-refractivity contribution is 6.85. The van der Waals surface area contributed by atoms with Gasteiger partial charge in [-0.05, 0) is 63.6 Å². The molecule has 0 aromatic heterocycles. The van der Waals surface area contributed by atoms with E-state index in [1.807, 2.05) is 0 Å². The number of rotatable bonds is 12. The molecule has 0 bridgehead atoms. The molecular formula is C12H30O3Si6. The molecule has 0 saturated carbocycles. The van der Waals surface area contributed by atoms with E-state index in [9.17, 15) is 0 Å². The molecular weight excluding hydrogens is 361 g/mol. The molecule has 21 heavy (non-hydrogen) atoms. The monoisotopic (exact) mass is 390 g/mol. The molecule has 0 rings (SSSR count). The maximum absolute atomic E-state index is 6.22. The molecule has 0 spiro atoms. The normalized spacial score (nSPS) is 13.0. The van der Waals surface area contributed by atoms with Crippen molar-refractivity contribution < 1.29 is 12.3 Å². The van der Waals surface area contributed by atoms with Crippen LogP contribution in [0.1, 0.15) is 6.92 Å². The van der Waals surface area contributed by atoms with Gasteiger partial charge in [0.15, 0.2) is 25.7 Å². The largest absolute Gasteiger partial charge is 0.459 e. The zero-order chi connectivity index (χ0) is 16.5. The number of hydrogen-bond donors (Lipinski definition) is 0. The molecule has 0 fully saturated rings. The summed E-state index contributed by atoms with van der Waals surface area (Å²) in [7, 11) is -2.19. The van der Waals surface area contributed by atoms with Crippen LogP contribution in [0.15, 0.2) is 12.2 Å². The van der Waals surface area contributed by atoms with Gasteiger partial charge in [-0.2, -0.15) is 0 Å². The van der Waals surface area contributed by atoms with E-state index in [1.165, 1.54) is 5.57 Å². The summed E-state index contributed by atoms with van der Waals surface area (Å²) in [4.78, 5) is 0. The average Bonchev–Trinajstić information content (AvgIpc) is 2.26. The summed E-state index contributed by atoms with van der Waals surface area (Å²) in [6.07, 6.45) is 0. The van der Waals surface area contributed by atoms with Crippen molar-refractivity contribution in [2.75, 3.05) is 0 Å². The molecule has 0 heterocycles. The summed E-state index contributed by atoms with van der Waals surface area (Å²) >= 11 is 0. The maximum atomic E-state index is 6.22. The topological polar surface area (TPSA) is 27.7 Å². The van der Waals surface area contributed by atoms with Crippen molar-refractivity contribution in [3.8, 4) is 0 Å². The van der Waals surface area contributed by atoms with Crippen LogP contribution in [0.25, 0.3) is 0 Å². The fourth-order valence-electron chi connectivity index (χ4n) is 1.21. The van der Waals surface area contributed by atoms with E-state index in [2.05, 4.69) is 52.8 Å². The van der Waals surface area contributed by atoms with Gasteiger partial charge in [-0.25, -0.2) is 0 Å². The molecule has 0 aliphatic rings. The van der Waals surface area contributed by atoms with E-state index >= 15 is 0 Å². The minimum Gasteiger partial charge on any atom is -0.459 e. The fourth-order valence-corrected chi connectivity index (χ4v) is 12.9. The Morgan fingerprint density at radius 1 is 0.952 bits per heavy atom. The van der Waals surface area contributed by atoms with Gasteiger partial charge in [0.05, 0.1) is 0 Å². The zero-order valence-electron chi connectivity index (χ0n) is 14.6. The van der Waals surface area contributed by atoms with Gasteiger partial charge < -0.3 is 12.3 Å². The Bertz CT molecular complexity index is 309. The summed E-state index contributed by atoms with van der Waals surface area (Å²) < 4.78 is 18.1. The lowest BCUT2D eigenvalue weighted by Gasteiger charge is -2.26. The van der Waals surface area contributed by atoms with Gasteiger partial charge >= 0.3 is 0 Å². The smallest absolute Gasteiger partial charge is 0.219 e. The van der Waals surface area contributed by atoms with Crippen molar-refractivity contribution in [3.63, 3.8) is 0 Å². The second-order valence-corrected chi connectivity index (χ2v) is 22.6. The number of allylic oxidation sites excluding steroid dienone is 1. The Kier molecular flexibility index (Phi) is 11.1. The van der Waals surface area contributed by atoms with Crippen molar-refractivity contribution in [2.24, 2.45) is 0 Å². The van der Waals surface area contributed by atoms with Gasteiger partial charge in [-0.3, -0.25) is 0 Å². The highest BCUT2D eigenvalue weighted by atomic mass is 28.4. The first-order chi connectivity index (χ1) is 9.54. The van der Waals surface area contributed by atoms with E-state index in [0.29, 0.717) is 29.3 Å². The standard InChI is InChI=1S/C12H30O3Si6/c1-12(2)9-16-14-21(7,8)11-18-15-20(5,6)10-17-13-19(3)4/h19H,1,9-11H2,2-8H3. The van der Waals surface area contributed by atoms with E-state index in [-0.39, 0.29) is 0 Å². The zero-order valence-corrected chi connectivity index (χ0v) is 20.8. The Hall–Kier alpha value is 0.921. The first-order valence-electron chi connectivity index (χ1n) is 7.39. The first kappa shape index (κ1) is 21.9.